The Morgan fingerprint density at radius 3 is 2.70 bits per heavy atom. The number of pyridine rings is 2. The van der Waals surface area contributed by atoms with E-state index in [1.807, 2.05) is 0 Å². The molecule has 0 spiro atoms. The van der Waals surface area contributed by atoms with Crippen LogP contribution in [0.15, 0.2) is 41.3 Å². The van der Waals surface area contributed by atoms with Crippen LogP contribution in [-0.4, -0.2) is 9.55 Å². The summed E-state index contributed by atoms with van der Waals surface area (Å²) in [6, 6.07) is 6.02. The topological polar surface area (TPSA) is 72.9 Å². The number of nitrogens with zero attached hydrogens (tertiary/aromatic N) is 2. The molecular weight excluding hydrogens is 273 g/mol. The molecule has 0 bridgehead atoms. The molecule has 0 aromatic carbocycles. The van der Waals surface area contributed by atoms with Crippen molar-refractivity contribution in [3.8, 4) is 0 Å². The van der Waals surface area contributed by atoms with Crippen molar-refractivity contribution in [3.05, 3.63) is 58.1 Å². The minimum Gasteiger partial charge on any atom is -0.308 e. The van der Waals surface area contributed by atoms with E-state index in [4.69, 9.17) is 5.84 Å². The van der Waals surface area contributed by atoms with E-state index < -0.39 is 17.4 Å². The van der Waals surface area contributed by atoms with Crippen LogP contribution in [0.2, 0.25) is 0 Å². The summed E-state index contributed by atoms with van der Waals surface area (Å²) in [5.74, 6) is 5.49. The molecule has 3 N–H and O–H groups in total. The Morgan fingerprint density at radius 1 is 1.30 bits per heavy atom. The maximum Gasteiger partial charge on any atom is 0.431 e. The van der Waals surface area contributed by atoms with Gasteiger partial charge in [0, 0.05) is 12.3 Å². The highest BCUT2D eigenvalue weighted by atomic mass is 19.4. The fourth-order valence-electron chi connectivity index (χ4n) is 1.76. The zero-order valence-electron chi connectivity index (χ0n) is 10.2. The Morgan fingerprint density at radius 2 is 2.05 bits per heavy atom. The molecule has 2 aromatic rings. The zero-order valence-corrected chi connectivity index (χ0v) is 10.2. The van der Waals surface area contributed by atoms with Crippen molar-refractivity contribution < 1.29 is 13.2 Å². The summed E-state index contributed by atoms with van der Waals surface area (Å²) >= 11 is 0. The van der Waals surface area contributed by atoms with Gasteiger partial charge in [-0.2, -0.15) is 13.2 Å². The number of rotatable bonds is 3. The predicted octanol–water partition coefficient (Wildman–Crippen LogP) is 1.60. The summed E-state index contributed by atoms with van der Waals surface area (Å²) in [4.78, 5) is 15.5. The first-order valence-corrected chi connectivity index (χ1v) is 5.60. The lowest BCUT2D eigenvalue weighted by Gasteiger charge is -2.15. The molecule has 0 radical (unpaired) electrons. The summed E-state index contributed by atoms with van der Waals surface area (Å²) in [5.41, 5.74) is 1.05. The summed E-state index contributed by atoms with van der Waals surface area (Å²) < 4.78 is 39.3. The molecule has 106 valence electrons. The van der Waals surface area contributed by atoms with E-state index in [1.165, 1.54) is 18.3 Å². The number of aromatic nitrogens is 2. The highest BCUT2D eigenvalue weighted by Crippen LogP contribution is 2.28. The van der Waals surface area contributed by atoms with Gasteiger partial charge < -0.3 is 5.43 Å². The lowest BCUT2D eigenvalue weighted by molar-refractivity contribution is -0.144. The fourth-order valence-corrected chi connectivity index (χ4v) is 1.76. The molecule has 2 rings (SSSR count). The van der Waals surface area contributed by atoms with Gasteiger partial charge in [-0.05, 0) is 23.8 Å². The second kappa shape index (κ2) is 5.33. The number of anilines is 1. The number of hydrogen-bond donors (Lipinski definition) is 2. The minimum atomic E-state index is -4.59. The van der Waals surface area contributed by atoms with Crippen molar-refractivity contribution in [3.63, 3.8) is 0 Å². The number of hydrogen-bond acceptors (Lipinski definition) is 4. The smallest absolute Gasteiger partial charge is 0.308 e. The van der Waals surface area contributed by atoms with E-state index in [2.05, 4.69) is 10.4 Å². The van der Waals surface area contributed by atoms with Crippen molar-refractivity contribution in [1.29, 1.82) is 0 Å². The number of nitrogens with one attached hydrogen (secondary N) is 1. The van der Waals surface area contributed by atoms with Crippen LogP contribution in [0.4, 0.5) is 19.0 Å². The van der Waals surface area contributed by atoms with Gasteiger partial charge in [-0.25, -0.2) is 10.8 Å². The van der Waals surface area contributed by atoms with Gasteiger partial charge in [0.05, 0.1) is 6.54 Å². The maximum absolute atomic E-state index is 12.9. The van der Waals surface area contributed by atoms with Crippen LogP contribution in [-0.2, 0) is 12.7 Å². The molecule has 0 aliphatic heterocycles. The van der Waals surface area contributed by atoms with Gasteiger partial charge in [0.1, 0.15) is 11.5 Å². The molecule has 0 unspecified atom stereocenters. The average Bonchev–Trinajstić information content (AvgIpc) is 2.40. The van der Waals surface area contributed by atoms with Crippen LogP contribution in [0, 0.1) is 0 Å². The standard InChI is InChI=1S/C12H11F3N4O/c13-12(14,15)9-2-1-3-11(20)19(9)7-8-4-5-17-10(6-8)18-16/h1-6H,7,16H2,(H,17,18). The van der Waals surface area contributed by atoms with Crippen LogP contribution in [0.1, 0.15) is 11.3 Å². The number of nitrogens with two attached hydrogens (primary N) is 1. The first-order valence-electron chi connectivity index (χ1n) is 5.60. The first-order chi connectivity index (χ1) is 9.41. The molecule has 2 heterocycles. The second-order valence-corrected chi connectivity index (χ2v) is 4.03. The van der Waals surface area contributed by atoms with Crippen LogP contribution in [0.25, 0.3) is 0 Å². The Hall–Kier alpha value is -2.35. The van der Waals surface area contributed by atoms with Crippen molar-refractivity contribution in [2.24, 2.45) is 5.84 Å². The van der Waals surface area contributed by atoms with E-state index in [0.717, 1.165) is 18.2 Å². The first kappa shape index (κ1) is 14.1. The van der Waals surface area contributed by atoms with E-state index in [1.54, 1.807) is 0 Å². The van der Waals surface area contributed by atoms with Gasteiger partial charge in [-0.15, -0.1) is 0 Å². The largest absolute Gasteiger partial charge is 0.431 e. The van der Waals surface area contributed by atoms with E-state index >= 15 is 0 Å². The number of hydrazine groups is 1. The minimum absolute atomic E-state index is 0.217. The number of halogens is 3. The van der Waals surface area contributed by atoms with Crippen molar-refractivity contribution in [2.75, 3.05) is 5.43 Å². The van der Waals surface area contributed by atoms with Gasteiger partial charge in [0.15, 0.2) is 0 Å². The number of alkyl halides is 3. The van der Waals surface area contributed by atoms with Crippen LogP contribution < -0.4 is 16.8 Å². The highest BCUT2D eigenvalue weighted by molar-refractivity contribution is 5.36. The quantitative estimate of drug-likeness (QED) is 0.663. The summed E-state index contributed by atoms with van der Waals surface area (Å²) in [6.07, 6.45) is -3.20. The normalized spacial score (nSPS) is 11.4. The summed E-state index contributed by atoms with van der Waals surface area (Å²) in [7, 11) is 0. The molecule has 0 saturated heterocycles. The van der Waals surface area contributed by atoms with Gasteiger partial charge >= 0.3 is 6.18 Å². The Labute approximate surface area is 111 Å². The molecule has 20 heavy (non-hydrogen) atoms. The molecule has 0 atom stereocenters. The predicted molar refractivity (Wildman–Crippen MR) is 66.9 cm³/mol. The molecule has 0 fully saturated rings. The van der Waals surface area contributed by atoms with Gasteiger partial charge in [0.2, 0.25) is 0 Å². The Kier molecular flexibility index (Phi) is 3.75. The summed E-state index contributed by atoms with van der Waals surface area (Å²) in [5, 5.41) is 0. The van der Waals surface area contributed by atoms with Gasteiger partial charge in [-0.1, -0.05) is 6.07 Å². The average molecular weight is 284 g/mol. The molecule has 0 saturated carbocycles. The SMILES string of the molecule is NNc1cc(Cn2c(C(F)(F)F)cccc2=O)ccn1. The molecule has 5 nitrogen and oxygen atoms in total. The third-order valence-electron chi connectivity index (χ3n) is 2.65. The Balaban J connectivity index is 2.45. The highest BCUT2D eigenvalue weighted by Gasteiger charge is 2.34. The van der Waals surface area contributed by atoms with Gasteiger partial charge in [0.25, 0.3) is 5.56 Å². The third-order valence-corrected chi connectivity index (χ3v) is 2.65. The van der Waals surface area contributed by atoms with Crippen LogP contribution in [0.5, 0.6) is 0 Å². The summed E-state index contributed by atoms with van der Waals surface area (Å²) in [6.45, 7) is -0.217. The molecule has 0 aliphatic rings. The van der Waals surface area contributed by atoms with E-state index in [9.17, 15) is 18.0 Å². The van der Waals surface area contributed by atoms with E-state index in [0.29, 0.717) is 15.9 Å². The van der Waals surface area contributed by atoms with Crippen LogP contribution >= 0.6 is 0 Å². The lowest BCUT2D eigenvalue weighted by atomic mass is 10.2. The van der Waals surface area contributed by atoms with E-state index in [-0.39, 0.29) is 6.54 Å². The molecule has 0 aliphatic carbocycles. The van der Waals surface area contributed by atoms with Gasteiger partial charge in [-0.3, -0.25) is 9.36 Å². The third kappa shape index (κ3) is 2.97. The molecule has 2 aromatic heterocycles. The number of nitrogen functional groups attached to an aromatic ring is 1. The van der Waals surface area contributed by atoms with Crippen molar-refractivity contribution >= 4 is 5.82 Å². The van der Waals surface area contributed by atoms with Crippen molar-refractivity contribution in [1.82, 2.24) is 9.55 Å². The molecular formula is C12H11F3N4O. The second-order valence-electron chi connectivity index (χ2n) is 4.03. The monoisotopic (exact) mass is 284 g/mol. The molecule has 8 heteroatoms. The molecule has 0 amide bonds. The van der Waals surface area contributed by atoms with Crippen molar-refractivity contribution in [2.45, 2.75) is 12.7 Å². The van der Waals surface area contributed by atoms with Crippen LogP contribution in [0.3, 0.4) is 0 Å². The zero-order chi connectivity index (χ0) is 14.8. The maximum atomic E-state index is 12.9. The fraction of sp³-hybridized carbons (Fsp3) is 0.167. The lowest BCUT2D eigenvalue weighted by Crippen LogP contribution is -2.27. The Bertz CT molecular complexity index is 666.